The first kappa shape index (κ1) is 12.2. The smallest absolute Gasteiger partial charge is 0.00806 e. The van der Waals surface area contributed by atoms with Crippen LogP contribution in [0, 0.1) is 5.41 Å². The minimum atomic E-state index is 0.306. The van der Waals surface area contributed by atoms with Gasteiger partial charge < -0.3 is 0 Å². The third-order valence-corrected chi connectivity index (χ3v) is 2.90. The Labute approximate surface area is 83.0 Å². The van der Waals surface area contributed by atoms with E-state index in [1.165, 1.54) is 18.4 Å². The van der Waals surface area contributed by atoms with Gasteiger partial charge in [-0.05, 0) is 30.8 Å². The summed E-state index contributed by atoms with van der Waals surface area (Å²) < 4.78 is 0. The molecule has 0 N–H and O–H groups in total. The zero-order valence-corrected chi connectivity index (χ0v) is 9.43. The van der Waals surface area contributed by atoms with Crippen LogP contribution in [-0.2, 0) is 0 Å². The molecule has 0 atom stereocenters. The fourth-order valence-corrected chi connectivity index (χ4v) is 1.42. The van der Waals surface area contributed by atoms with Gasteiger partial charge in [-0.25, -0.2) is 0 Å². The van der Waals surface area contributed by atoms with Crippen molar-refractivity contribution in [3.05, 3.63) is 36.5 Å². The van der Waals surface area contributed by atoms with E-state index in [0.29, 0.717) is 5.41 Å². The summed E-state index contributed by atoms with van der Waals surface area (Å²) in [4.78, 5) is 0. The molecule has 0 amide bonds. The summed E-state index contributed by atoms with van der Waals surface area (Å²) in [6.45, 7) is 12.6. The van der Waals surface area contributed by atoms with Crippen LogP contribution < -0.4 is 0 Å². The average Bonchev–Trinajstić information content (AvgIpc) is 2.16. The van der Waals surface area contributed by atoms with E-state index in [9.17, 15) is 0 Å². The largest absolute Gasteiger partial charge is 0.0991 e. The lowest BCUT2D eigenvalue weighted by Gasteiger charge is -2.28. The summed E-state index contributed by atoms with van der Waals surface area (Å²) in [6, 6.07) is 0. The minimum absolute atomic E-state index is 0.306. The summed E-state index contributed by atoms with van der Waals surface area (Å²) in [7, 11) is 0. The quantitative estimate of drug-likeness (QED) is 0.544. The van der Waals surface area contributed by atoms with Gasteiger partial charge in [0.25, 0.3) is 0 Å². The summed E-state index contributed by atoms with van der Waals surface area (Å²) in [5.74, 6) is 0. The Bertz CT molecular complexity index is 202. The Morgan fingerprint density at radius 1 is 1.31 bits per heavy atom. The summed E-state index contributed by atoms with van der Waals surface area (Å²) in [5.41, 5.74) is 1.69. The van der Waals surface area contributed by atoms with Crippen molar-refractivity contribution in [3.63, 3.8) is 0 Å². The third kappa shape index (κ3) is 3.22. The Hall–Kier alpha value is -0.780. The van der Waals surface area contributed by atoms with E-state index >= 15 is 0 Å². The molecule has 0 aromatic rings. The van der Waals surface area contributed by atoms with Gasteiger partial charge in [0.05, 0.1) is 0 Å². The fourth-order valence-electron chi connectivity index (χ4n) is 1.42. The molecule has 0 saturated heterocycles. The molecule has 0 nitrogen and oxygen atoms in total. The van der Waals surface area contributed by atoms with E-state index < -0.39 is 0 Å². The van der Waals surface area contributed by atoms with Crippen molar-refractivity contribution in [3.8, 4) is 0 Å². The zero-order valence-electron chi connectivity index (χ0n) is 9.43. The molecule has 0 bridgehead atoms. The highest BCUT2D eigenvalue weighted by Gasteiger charge is 2.22. The maximum Gasteiger partial charge on any atom is -0.00806 e. The highest BCUT2D eigenvalue weighted by molar-refractivity contribution is 5.29. The molecule has 0 saturated carbocycles. The SMILES string of the molecule is C=C/C=C(\C=C/C)C(C)(CC)CC. The molecule has 0 aliphatic carbocycles. The first-order valence-corrected chi connectivity index (χ1v) is 5.10. The van der Waals surface area contributed by atoms with E-state index in [-0.39, 0.29) is 0 Å². The van der Waals surface area contributed by atoms with Gasteiger partial charge in [-0.3, -0.25) is 0 Å². The maximum absolute atomic E-state index is 3.75. The molecule has 0 aromatic carbocycles. The lowest BCUT2D eigenvalue weighted by atomic mass is 9.77. The molecule has 0 heteroatoms. The Kier molecular flexibility index (Phi) is 5.45. The second-order valence-corrected chi connectivity index (χ2v) is 3.63. The molecule has 0 aromatic heterocycles. The van der Waals surface area contributed by atoms with E-state index in [2.05, 4.69) is 52.5 Å². The molecule has 0 radical (unpaired) electrons. The van der Waals surface area contributed by atoms with Crippen LogP contribution in [0.15, 0.2) is 36.5 Å². The van der Waals surface area contributed by atoms with Crippen LogP contribution in [0.4, 0.5) is 0 Å². The molecule has 0 unspecified atom stereocenters. The van der Waals surface area contributed by atoms with Gasteiger partial charge in [0, 0.05) is 0 Å². The molecule has 0 spiro atoms. The number of hydrogen-bond donors (Lipinski definition) is 0. The van der Waals surface area contributed by atoms with E-state index in [4.69, 9.17) is 0 Å². The van der Waals surface area contributed by atoms with Crippen LogP contribution in [0.2, 0.25) is 0 Å². The molecule has 13 heavy (non-hydrogen) atoms. The Balaban J connectivity index is 4.90. The van der Waals surface area contributed by atoms with Crippen LogP contribution in [0.3, 0.4) is 0 Å². The van der Waals surface area contributed by atoms with Crippen LogP contribution in [-0.4, -0.2) is 0 Å². The third-order valence-electron chi connectivity index (χ3n) is 2.90. The molecule has 0 fully saturated rings. The highest BCUT2D eigenvalue weighted by atomic mass is 14.3. The van der Waals surface area contributed by atoms with Crippen molar-refractivity contribution in [1.82, 2.24) is 0 Å². The zero-order chi connectivity index (χ0) is 10.3. The number of allylic oxidation sites excluding steroid dienone is 5. The van der Waals surface area contributed by atoms with E-state index in [1.807, 2.05) is 6.08 Å². The van der Waals surface area contributed by atoms with Crippen molar-refractivity contribution < 1.29 is 0 Å². The van der Waals surface area contributed by atoms with Gasteiger partial charge in [-0.1, -0.05) is 51.7 Å². The van der Waals surface area contributed by atoms with Crippen molar-refractivity contribution in [2.75, 3.05) is 0 Å². The molecule has 74 valence electrons. The first-order valence-electron chi connectivity index (χ1n) is 5.10. The maximum atomic E-state index is 3.75. The van der Waals surface area contributed by atoms with Crippen LogP contribution in [0.1, 0.15) is 40.5 Å². The van der Waals surface area contributed by atoms with Crippen molar-refractivity contribution >= 4 is 0 Å². The predicted octanol–water partition coefficient (Wildman–Crippen LogP) is 4.50. The first-order chi connectivity index (χ1) is 6.14. The van der Waals surface area contributed by atoms with Crippen molar-refractivity contribution in [2.24, 2.45) is 5.41 Å². The molecule has 0 heterocycles. The van der Waals surface area contributed by atoms with Gasteiger partial charge >= 0.3 is 0 Å². The number of hydrogen-bond acceptors (Lipinski definition) is 0. The van der Waals surface area contributed by atoms with Crippen LogP contribution >= 0.6 is 0 Å². The molecule has 0 aliphatic heterocycles. The van der Waals surface area contributed by atoms with Crippen molar-refractivity contribution in [1.29, 1.82) is 0 Å². The normalized spacial score (nSPS) is 13.7. The Morgan fingerprint density at radius 3 is 2.15 bits per heavy atom. The highest BCUT2D eigenvalue weighted by Crippen LogP contribution is 2.35. The van der Waals surface area contributed by atoms with E-state index in [0.717, 1.165) is 0 Å². The van der Waals surface area contributed by atoms with Crippen LogP contribution in [0.25, 0.3) is 0 Å². The lowest BCUT2D eigenvalue weighted by Crippen LogP contribution is -2.15. The molecular weight excluding hydrogens is 156 g/mol. The monoisotopic (exact) mass is 178 g/mol. The Morgan fingerprint density at radius 2 is 1.85 bits per heavy atom. The standard InChI is InChI=1S/C13H22/c1-6-10-12(11-7-2)13(5,8-3)9-4/h6-7,10-11H,1,8-9H2,2-5H3/b11-7-,12-10+. The predicted molar refractivity (Wildman–Crippen MR) is 61.8 cm³/mol. The fraction of sp³-hybridized carbons (Fsp3) is 0.538. The number of rotatable bonds is 5. The lowest BCUT2D eigenvalue weighted by molar-refractivity contribution is 0.376. The minimum Gasteiger partial charge on any atom is -0.0991 e. The molecule has 0 rings (SSSR count). The van der Waals surface area contributed by atoms with Gasteiger partial charge in [0.15, 0.2) is 0 Å². The molecular formula is C13H22. The second kappa shape index (κ2) is 5.80. The topological polar surface area (TPSA) is 0 Å². The summed E-state index contributed by atoms with van der Waals surface area (Å²) in [5, 5.41) is 0. The van der Waals surface area contributed by atoms with Gasteiger partial charge in [-0.15, -0.1) is 0 Å². The van der Waals surface area contributed by atoms with Crippen LogP contribution in [0.5, 0.6) is 0 Å². The van der Waals surface area contributed by atoms with Crippen molar-refractivity contribution in [2.45, 2.75) is 40.5 Å². The van der Waals surface area contributed by atoms with Gasteiger partial charge in [-0.2, -0.15) is 0 Å². The summed E-state index contributed by atoms with van der Waals surface area (Å²) >= 11 is 0. The van der Waals surface area contributed by atoms with Gasteiger partial charge in [0.1, 0.15) is 0 Å². The molecule has 0 aliphatic rings. The average molecular weight is 178 g/mol. The second-order valence-electron chi connectivity index (χ2n) is 3.63. The van der Waals surface area contributed by atoms with Gasteiger partial charge in [0.2, 0.25) is 0 Å². The summed E-state index contributed by atoms with van der Waals surface area (Å²) in [6.07, 6.45) is 10.6. The van der Waals surface area contributed by atoms with E-state index in [1.54, 1.807) is 0 Å².